The molecule has 0 saturated carbocycles. The molecule has 6 heteroatoms. The molecule has 4 aromatic rings. The van der Waals surface area contributed by atoms with Gasteiger partial charge in [-0.3, -0.25) is 4.98 Å². The summed E-state index contributed by atoms with van der Waals surface area (Å²) in [4.78, 5) is 16.2. The molecule has 3 aromatic carbocycles. The Balaban J connectivity index is 1.99. The van der Waals surface area contributed by atoms with Crippen LogP contribution in [-0.4, -0.2) is 18.1 Å². The lowest BCUT2D eigenvalue weighted by atomic mass is 9.91. The van der Waals surface area contributed by atoms with Crippen molar-refractivity contribution in [3.63, 3.8) is 0 Å². The van der Waals surface area contributed by atoms with Gasteiger partial charge in [0.25, 0.3) is 0 Å². The molecule has 0 aliphatic rings. The summed E-state index contributed by atoms with van der Waals surface area (Å²) in [5, 5.41) is 0.380. The van der Waals surface area contributed by atoms with E-state index in [0.717, 1.165) is 17.2 Å². The van der Waals surface area contributed by atoms with Gasteiger partial charge in [0, 0.05) is 11.6 Å². The van der Waals surface area contributed by atoms with Crippen LogP contribution in [0.4, 0.5) is 13.2 Å². The minimum absolute atomic E-state index is 0.120. The number of pyridine rings is 1. The number of para-hydroxylation sites is 1. The monoisotopic (exact) mass is 421 g/mol. The predicted octanol–water partition coefficient (Wildman–Crippen LogP) is 6.30. The van der Waals surface area contributed by atoms with E-state index in [9.17, 15) is 18.0 Å². The van der Waals surface area contributed by atoms with Crippen LogP contribution in [0.25, 0.3) is 22.0 Å². The number of fused-ring (bicyclic) bond motifs is 1. The summed E-state index contributed by atoms with van der Waals surface area (Å²) in [5.74, 6) is -0.513. The van der Waals surface area contributed by atoms with Gasteiger partial charge in [-0.1, -0.05) is 54.6 Å². The maximum Gasteiger partial charge on any atom is 0.418 e. The summed E-state index contributed by atoms with van der Waals surface area (Å²) >= 11 is 0. The van der Waals surface area contributed by atoms with E-state index in [-0.39, 0.29) is 5.52 Å². The van der Waals surface area contributed by atoms with Crippen molar-refractivity contribution in [2.75, 3.05) is 7.11 Å². The van der Waals surface area contributed by atoms with Crippen molar-refractivity contribution >= 4 is 16.9 Å². The number of benzene rings is 3. The Labute approximate surface area is 177 Å². The molecule has 0 bridgehead atoms. The van der Waals surface area contributed by atoms with Crippen LogP contribution in [0.5, 0.6) is 0 Å². The van der Waals surface area contributed by atoms with Gasteiger partial charge < -0.3 is 4.74 Å². The molecule has 0 fully saturated rings. The first-order chi connectivity index (χ1) is 14.9. The molecule has 31 heavy (non-hydrogen) atoms. The first-order valence-electron chi connectivity index (χ1n) is 9.59. The van der Waals surface area contributed by atoms with Crippen LogP contribution in [0.3, 0.4) is 0 Å². The highest BCUT2D eigenvalue weighted by Gasteiger charge is 2.33. The number of nitrogens with zero attached hydrogens (tertiary/aromatic N) is 1. The first-order valence-corrected chi connectivity index (χ1v) is 9.59. The number of alkyl halides is 3. The SMILES string of the molecule is COC(=O)c1cccc(-c2c(Cc3ccccc3)cnc3c(C(F)(F)F)cccc23)c1. The zero-order valence-electron chi connectivity index (χ0n) is 16.6. The number of hydrogen-bond acceptors (Lipinski definition) is 3. The third kappa shape index (κ3) is 4.14. The number of hydrogen-bond donors (Lipinski definition) is 0. The molecule has 3 nitrogen and oxygen atoms in total. The molecule has 0 radical (unpaired) electrons. The van der Waals surface area contributed by atoms with Gasteiger partial charge in [-0.05, 0) is 46.9 Å². The molecule has 0 amide bonds. The Morgan fingerprint density at radius 2 is 1.71 bits per heavy atom. The van der Waals surface area contributed by atoms with Crippen molar-refractivity contribution in [1.82, 2.24) is 4.98 Å². The largest absolute Gasteiger partial charge is 0.465 e. The number of halogens is 3. The van der Waals surface area contributed by atoms with Gasteiger partial charge in [-0.25, -0.2) is 4.79 Å². The summed E-state index contributed by atoms with van der Waals surface area (Å²) in [7, 11) is 1.29. The van der Waals surface area contributed by atoms with E-state index >= 15 is 0 Å². The Morgan fingerprint density at radius 3 is 2.42 bits per heavy atom. The number of rotatable bonds is 4. The summed E-state index contributed by atoms with van der Waals surface area (Å²) in [5.41, 5.74) is 2.42. The zero-order valence-corrected chi connectivity index (χ0v) is 16.6. The molecule has 0 N–H and O–H groups in total. The van der Waals surface area contributed by atoms with Gasteiger partial charge in [-0.2, -0.15) is 13.2 Å². The number of aromatic nitrogens is 1. The number of carbonyl (C=O) groups excluding carboxylic acids is 1. The molecule has 0 spiro atoms. The minimum Gasteiger partial charge on any atom is -0.465 e. The summed E-state index contributed by atoms with van der Waals surface area (Å²) < 4.78 is 45.6. The molecule has 1 heterocycles. The van der Waals surface area contributed by atoms with E-state index in [2.05, 4.69) is 4.98 Å². The minimum atomic E-state index is -4.53. The van der Waals surface area contributed by atoms with Crippen molar-refractivity contribution in [3.05, 3.63) is 101 Å². The van der Waals surface area contributed by atoms with Gasteiger partial charge in [0.1, 0.15) is 0 Å². The Morgan fingerprint density at radius 1 is 0.968 bits per heavy atom. The fourth-order valence-electron chi connectivity index (χ4n) is 3.70. The summed E-state index contributed by atoms with van der Waals surface area (Å²) in [6, 6.07) is 20.4. The van der Waals surface area contributed by atoms with Crippen LogP contribution in [0.15, 0.2) is 79.0 Å². The lowest BCUT2D eigenvalue weighted by Gasteiger charge is -2.17. The lowest BCUT2D eigenvalue weighted by molar-refractivity contribution is -0.136. The lowest BCUT2D eigenvalue weighted by Crippen LogP contribution is -2.08. The van der Waals surface area contributed by atoms with Crippen LogP contribution in [-0.2, 0) is 17.3 Å². The normalized spacial score (nSPS) is 11.5. The Bertz CT molecular complexity index is 1250. The quantitative estimate of drug-likeness (QED) is 0.363. The Kier molecular flexibility index (Phi) is 5.46. The van der Waals surface area contributed by atoms with Crippen LogP contribution in [0.2, 0.25) is 0 Å². The highest BCUT2D eigenvalue weighted by atomic mass is 19.4. The second kappa shape index (κ2) is 8.22. The molecule has 0 aliphatic heterocycles. The van der Waals surface area contributed by atoms with E-state index < -0.39 is 17.7 Å². The van der Waals surface area contributed by atoms with Crippen LogP contribution in [0, 0.1) is 0 Å². The highest BCUT2D eigenvalue weighted by Crippen LogP contribution is 2.39. The molecule has 156 valence electrons. The smallest absolute Gasteiger partial charge is 0.418 e. The number of ether oxygens (including phenoxy) is 1. The van der Waals surface area contributed by atoms with Crippen LogP contribution >= 0.6 is 0 Å². The highest BCUT2D eigenvalue weighted by molar-refractivity contribution is 5.99. The van der Waals surface area contributed by atoms with E-state index in [4.69, 9.17) is 4.74 Å². The molecule has 1 aromatic heterocycles. The summed E-state index contributed by atoms with van der Waals surface area (Å²) in [6.07, 6.45) is -2.55. The van der Waals surface area contributed by atoms with Crippen molar-refractivity contribution in [2.24, 2.45) is 0 Å². The van der Waals surface area contributed by atoms with Gasteiger partial charge >= 0.3 is 12.1 Å². The molecule has 0 atom stereocenters. The first kappa shape index (κ1) is 20.6. The van der Waals surface area contributed by atoms with E-state index in [1.54, 1.807) is 30.3 Å². The average Bonchev–Trinajstić information content (AvgIpc) is 2.78. The maximum atomic E-state index is 13.6. The fourth-order valence-corrected chi connectivity index (χ4v) is 3.70. The van der Waals surface area contributed by atoms with Gasteiger partial charge in [-0.15, -0.1) is 0 Å². The topological polar surface area (TPSA) is 39.2 Å². The van der Waals surface area contributed by atoms with Gasteiger partial charge in [0.15, 0.2) is 0 Å². The summed E-state index contributed by atoms with van der Waals surface area (Å²) in [6.45, 7) is 0. The van der Waals surface area contributed by atoms with Gasteiger partial charge in [0.2, 0.25) is 0 Å². The second-order valence-corrected chi connectivity index (χ2v) is 7.09. The van der Waals surface area contributed by atoms with E-state index in [0.29, 0.717) is 28.5 Å². The van der Waals surface area contributed by atoms with Gasteiger partial charge in [0.05, 0.1) is 23.8 Å². The zero-order chi connectivity index (χ0) is 22.0. The fraction of sp³-hybridized carbons (Fsp3) is 0.120. The van der Waals surface area contributed by atoms with E-state index in [1.165, 1.54) is 19.4 Å². The third-order valence-electron chi connectivity index (χ3n) is 5.09. The molecule has 4 rings (SSSR count). The van der Waals surface area contributed by atoms with Crippen molar-refractivity contribution in [2.45, 2.75) is 12.6 Å². The second-order valence-electron chi connectivity index (χ2n) is 7.09. The molecule has 0 saturated heterocycles. The number of esters is 1. The number of carbonyl (C=O) groups is 1. The third-order valence-corrected chi connectivity index (χ3v) is 5.09. The average molecular weight is 421 g/mol. The molecule has 0 unspecified atom stereocenters. The number of methoxy groups -OCH3 is 1. The van der Waals surface area contributed by atoms with Crippen molar-refractivity contribution < 1.29 is 22.7 Å². The maximum absolute atomic E-state index is 13.6. The van der Waals surface area contributed by atoms with E-state index in [1.807, 2.05) is 30.3 Å². The molecular weight excluding hydrogens is 403 g/mol. The van der Waals surface area contributed by atoms with Crippen molar-refractivity contribution in [1.29, 1.82) is 0 Å². The molecular formula is C25H18F3NO2. The standard InChI is InChI=1S/C25H18F3NO2/c1-31-24(30)18-10-5-9-17(14-18)22-19(13-16-7-3-2-4-8-16)15-29-23-20(22)11-6-12-21(23)25(26,27)28/h2-12,14-15H,13H2,1H3. The van der Waals surface area contributed by atoms with Crippen LogP contribution in [0.1, 0.15) is 27.0 Å². The van der Waals surface area contributed by atoms with Crippen molar-refractivity contribution in [3.8, 4) is 11.1 Å². The van der Waals surface area contributed by atoms with Crippen LogP contribution < -0.4 is 0 Å². The predicted molar refractivity (Wildman–Crippen MR) is 113 cm³/mol. The molecule has 0 aliphatic carbocycles. The Hall–Kier alpha value is -3.67.